The molecule has 11 N–H and O–H groups in total. The van der Waals surface area contributed by atoms with Crippen LogP contribution < -0.4 is 33.6 Å². The highest BCUT2D eigenvalue weighted by Crippen LogP contribution is 2.20. The minimum Gasteiger partial charge on any atom is -0.480 e. The fourth-order valence-electron chi connectivity index (χ4n) is 3.86. The fraction of sp³-hybridized carbons (Fsp3) is 0.762. The molecule has 4 amide bonds. The summed E-state index contributed by atoms with van der Waals surface area (Å²) in [5.41, 5.74) is 21.8. The van der Waals surface area contributed by atoms with E-state index in [9.17, 15) is 29.1 Å². The fourth-order valence-corrected chi connectivity index (χ4v) is 3.86. The molecule has 0 aromatic rings. The quantitative estimate of drug-likeness (QED) is 0.114. The Morgan fingerprint density at radius 3 is 2.00 bits per heavy atom. The Labute approximate surface area is 199 Å². The number of hydrogen-bond donors (Lipinski definition) is 7. The number of aliphatic carboxylic acids is 1. The zero-order valence-electron chi connectivity index (χ0n) is 19.5. The molecule has 1 aliphatic heterocycles. The number of carbonyl (C=O) groups is 5. The van der Waals surface area contributed by atoms with Crippen LogP contribution in [-0.4, -0.2) is 83.4 Å². The van der Waals surface area contributed by atoms with Crippen molar-refractivity contribution >= 4 is 29.6 Å². The van der Waals surface area contributed by atoms with Crippen LogP contribution in [0.15, 0.2) is 0 Å². The van der Waals surface area contributed by atoms with Gasteiger partial charge in [-0.3, -0.25) is 19.2 Å². The van der Waals surface area contributed by atoms with E-state index in [2.05, 4.69) is 10.6 Å². The highest BCUT2D eigenvalue weighted by molar-refractivity contribution is 5.95. The summed E-state index contributed by atoms with van der Waals surface area (Å²) in [7, 11) is 0. The number of nitrogens with two attached hydrogens (primary N) is 4. The van der Waals surface area contributed by atoms with Crippen LogP contribution in [0.25, 0.3) is 0 Å². The van der Waals surface area contributed by atoms with Crippen LogP contribution in [0.3, 0.4) is 0 Å². The Hall–Kier alpha value is -2.77. The number of unbranched alkanes of at least 4 members (excludes halogenated alkanes) is 2. The molecule has 1 heterocycles. The molecule has 4 unspecified atom stereocenters. The number of amides is 4. The molecule has 0 saturated carbocycles. The molecule has 1 aliphatic rings. The molecular formula is C21H39N7O6. The largest absolute Gasteiger partial charge is 0.480 e. The maximum Gasteiger partial charge on any atom is 0.326 e. The molecule has 13 heteroatoms. The lowest BCUT2D eigenvalue weighted by Crippen LogP contribution is -2.57. The Morgan fingerprint density at radius 2 is 1.47 bits per heavy atom. The standard InChI is InChI=1S/C21H39N7O6/c22-9-3-1-6-14(26-18(30)13(24)12-17(25)29)19(31)27-15(7-2-4-10-23)20(32)28-11-5-8-16(28)21(33)34/h13-16H,1-12,22-24H2,(H2,25,29)(H,26,30)(H,27,31)(H,33,34). The first-order chi connectivity index (χ1) is 16.1. The Kier molecular flexibility index (Phi) is 13.1. The first-order valence-corrected chi connectivity index (χ1v) is 11.7. The average Bonchev–Trinajstić information content (AvgIpc) is 3.27. The Bertz CT molecular complexity index is 720. The summed E-state index contributed by atoms with van der Waals surface area (Å²) in [6, 6.07) is -4.14. The van der Waals surface area contributed by atoms with Crippen LogP contribution in [0.2, 0.25) is 0 Å². The summed E-state index contributed by atoms with van der Waals surface area (Å²) in [6.45, 7) is 1.10. The second kappa shape index (κ2) is 15.2. The van der Waals surface area contributed by atoms with E-state index in [4.69, 9.17) is 22.9 Å². The minimum absolute atomic E-state index is 0.239. The lowest BCUT2D eigenvalue weighted by molar-refractivity contribution is -0.149. The van der Waals surface area contributed by atoms with E-state index in [1.165, 1.54) is 4.90 Å². The monoisotopic (exact) mass is 485 g/mol. The van der Waals surface area contributed by atoms with Gasteiger partial charge < -0.3 is 43.6 Å². The summed E-state index contributed by atoms with van der Waals surface area (Å²) in [5.74, 6) is -3.64. The van der Waals surface area contributed by atoms with Crippen LogP contribution in [0, 0.1) is 0 Å². The number of carbonyl (C=O) groups excluding carboxylic acids is 4. The molecule has 0 bridgehead atoms. The van der Waals surface area contributed by atoms with Gasteiger partial charge in [-0.05, 0) is 64.5 Å². The van der Waals surface area contributed by atoms with E-state index >= 15 is 0 Å². The lowest BCUT2D eigenvalue weighted by Gasteiger charge is -2.29. The van der Waals surface area contributed by atoms with E-state index in [1.807, 2.05) is 0 Å². The van der Waals surface area contributed by atoms with Crippen molar-refractivity contribution in [1.82, 2.24) is 15.5 Å². The molecule has 0 aliphatic carbocycles. The maximum atomic E-state index is 13.2. The van der Waals surface area contributed by atoms with Crippen molar-refractivity contribution in [2.45, 2.75) is 82.0 Å². The van der Waals surface area contributed by atoms with Gasteiger partial charge in [0, 0.05) is 6.54 Å². The summed E-state index contributed by atoms with van der Waals surface area (Å²) >= 11 is 0. The number of primary amides is 1. The molecule has 194 valence electrons. The summed E-state index contributed by atoms with van der Waals surface area (Å²) in [4.78, 5) is 62.5. The van der Waals surface area contributed by atoms with Gasteiger partial charge in [-0.25, -0.2) is 4.79 Å². The topological polar surface area (TPSA) is 237 Å². The van der Waals surface area contributed by atoms with Gasteiger partial charge >= 0.3 is 5.97 Å². The van der Waals surface area contributed by atoms with Crippen molar-refractivity contribution in [3.05, 3.63) is 0 Å². The number of rotatable bonds is 16. The van der Waals surface area contributed by atoms with Crippen molar-refractivity contribution in [2.75, 3.05) is 19.6 Å². The summed E-state index contributed by atoms with van der Waals surface area (Å²) < 4.78 is 0. The second-order valence-electron chi connectivity index (χ2n) is 8.50. The molecule has 4 atom stereocenters. The summed E-state index contributed by atoms with van der Waals surface area (Å²) in [5, 5.41) is 14.6. The van der Waals surface area contributed by atoms with Crippen molar-refractivity contribution in [1.29, 1.82) is 0 Å². The molecular weight excluding hydrogens is 446 g/mol. The lowest BCUT2D eigenvalue weighted by atomic mass is 10.0. The third kappa shape index (κ3) is 9.61. The van der Waals surface area contributed by atoms with Gasteiger partial charge in [0.25, 0.3) is 0 Å². The smallest absolute Gasteiger partial charge is 0.326 e. The zero-order chi connectivity index (χ0) is 25.7. The molecule has 34 heavy (non-hydrogen) atoms. The molecule has 1 fully saturated rings. The van der Waals surface area contributed by atoms with E-state index in [-0.39, 0.29) is 25.8 Å². The Morgan fingerprint density at radius 1 is 0.912 bits per heavy atom. The normalized spacial score (nSPS) is 18.1. The van der Waals surface area contributed by atoms with Crippen molar-refractivity contribution < 1.29 is 29.1 Å². The van der Waals surface area contributed by atoms with E-state index in [0.717, 1.165) is 0 Å². The number of nitrogens with zero attached hydrogens (tertiary/aromatic N) is 1. The van der Waals surface area contributed by atoms with Gasteiger partial charge in [0.15, 0.2) is 0 Å². The first-order valence-electron chi connectivity index (χ1n) is 11.7. The SMILES string of the molecule is NCCCCC(NC(=O)C(N)CC(N)=O)C(=O)NC(CCCCN)C(=O)N1CCCC1C(=O)O. The van der Waals surface area contributed by atoms with E-state index in [1.54, 1.807) is 0 Å². The number of carboxylic acid groups (broad SMARTS) is 1. The molecule has 13 nitrogen and oxygen atoms in total. The Balaban J connectivity index is 2.98. The molecule has 1 saturated heterocycles. The van der Waals surface area contributed by atoms with E-state index < -0.39 is 53.8 Å². The first kappa shape index (κ1) is 29.3. The minimum atomic E-state index is -1.22. The van der Waals surface area contributed by atoms with Crippen molar-refractivity contribution in [2.24, 2.45) is 22.9 Å². The van der Waals surface area contributed by atoms with Gasteiger partial charge in [0.05, 0.1) is 12.5 Å². The highest BCUT2D eigenvalue weighted by atomic mass is 16.4. The number of nitrogens with one attached hydrogen (secondary N) is 2. The number of carboxylic acids is 1. The second-order valence-corrected chi connectivity index (χ2v) is 8.50. The predicted molar refractivity (Wildman–Crippen MR) is 124 cm³/mol. The summed E-state index contributed by atoms with van der Waals surface area (Å²) in [6.07, 6.45) is 3.35. The van der Waals surface area contributed by atoms with Crippen LogP contribution in [0.4, 0.5) is 0 Å². The number of hydrogen-bond acceptors (Lipinski definition) is 8. The zero-order valence-corrected chi connectivity index (χ0v) is 19.5. The van der Waals surface area contributed by atoms with Crippen LogP contribution in [0.5, 0.6) is 0 Å². The van der Waals surface area contributed by atoms with Gasteiger partial charge in [0.1, 0.15) is 18.1 Å². The van der Waals surface area contributed by atoms with Gasteiger partial charge in [-0.15, -0.1) is 0 Å². The third-order valence-corrected chi connectivity index (χ3v) is 5.72. The van der Waals surface area contributed by atoms with Crippen molar-refractivity contribution in [3.8, 4) is 0 Å². The molecule has 0 radical (unpaired) electrons. The predicted octanol–water partition coefficient (Wildman–Crippen LogP) is -2.51. The average molecular weight is 486 g/mol. The number of likely N-dealkylation sites (tertiary alicyclic amines) is 1. The maximum absolute atomic E-state index is 13.2. The molecule has 0 aromatic heterocycles. The highest BCUT2D eigenvalue weighted by Gasteiger charge is 2.38. The van der Waals surface area contributed by atoms with Crippen LogP contribution in [-0.2, 0) is 24.0 Å². The van der Waals surface area contributed by atoms with Crippen LogP contribution >= 0.6 is 0 Å². The molecule has 0 aromatic carbocycles. The molecule has 0 spiro atoms. The van der Waals surface area contributed by atoms with Crippen molar-refractivity contribution in [3.63, 3.8) is 0 Å². The van der Waals surface area contributed by atoms with Crippen LogP contribution in [0.1, 0.15) is 57.8 Å². The van der Waals surface area contributed by atoms with Gasteiger partial charge in [-0.1, -0.05) is 0 Å². The van der Waals surface area contributed by atoms with E-state index in [0.29, 0.717) is 51.6 Å². The van der Waals surface area contributed by atoms with Gasteiger partial charge in [0.2, 0.25) is 23.6 Å². The molecule has 1 rings (SSSR count). The third-order valence-electron chi connectivity index (χ3n) is 5.72. The van der Waals surface area contributed by atoms with Gasteiger partial charge in [-0.2, -0.15) is 0 Å².